The van der Waals surface area contributed by atoms with Crippen LogP contribution in [0.25, 0.3) is 0 Å². The number of halogens is 2. The third kappa shape index (κ3) is 5.24. The quantitative estimate of drug-likeness (QED) is 0.187. The zero-order valence-electron chi connectivity index (χ0n) is 9.66. The zero-order chi connectivity index (χ0) is 13.3. The highest BCUT2D eigenvalue weighted by Gasteiger charge is 2.24. The molecule has 0 amide bonds. The minimum absolute atomic E-state index is 0.0455. The molecule has 0 fully saturated rings. The standard InChI is InChI=1S/C11H14Cl2O4/c1-3-16-10(14)9(11(15)17-4-2)8(7-13)5-6-12/h5-6H,3-4,7H2,1-2H3. The van der Waals surface area contributed by atoms with Gasteiger partial charge in [0, 0.05) is 11.4 Å². The molecule has 0 aromatic carbocycles. The van der Waals surface area contributed by atoms with Crippen LogP contribution in [0.5, 0.6) is 0 Å². The van der Waals surface area contributed by atoms with E-state index in [-0.39, 0.29) is 30.2 Å². The number of ether oxygens (including phenoxy) is 2. The van der Waals surface area contributed by atoms with Gasteiger partial charge in [0.25, 0.3) is 0 Å². The fraction of sp³-hybridized carbons (Fsp3) is 0.455. The molecule has 0 unspecified atom stereocenters. The van der Waals surface area contributed by atoms with E-state index in [9.17, 15) is 9.59 Å². The van der Waals surface area contributed by atoms with Crippen molar-refractivity contribution in [2.24, 2.45) is 0 Å². The van der Waals surface area contributed by atoms with E-state index in [1.807, 2.05) is 0 Å². The number of carbonyl (C=O) groups excluding carboxylic acids is 2. The van der Waals surface area contributed by atoms with Gasteiger partial charge in [0.2, 0.25) is 0 Å². The van der Waals surface area contributed by atoms with E-state index < -0.39 is 11.9 Å². The third-order valence-corrected chi connectivity index (χ3v) is 2.10. The molecule has 0 aromatic heterocycles. The van der Waals surface area contributed by atoms with Crippen molar-refractivity contribution in [2.75, 3.05) is 19.1 Å². The van der Waals surface area contributed by atoms with Gasteiger partial charge in [-0.2, -0.15) is 0 Å². The molecule has 0 atom stereocenters. The predicted molar refractivity (Wildman–Crippen MR) is 66.0 cm³/mol. The molecule has 0 aliphatic heterocycles. The molecule has 17 heavy (non-hydrogen) atoms. The van der Waals surface area contributed by atoms with Crippen LogP contribution in [0.2, 0.25) is 0 Å². The van der Waals surface area contributed by atoms with Crippen molar-refractivity contribution in [3.8, 4) is 0 Å². The number of alkyl halides is 1. The summed E-state index contributed by atoms with van der Waals surface area (Å²) in [6, 6.07) is 0. The van der Waals surface area contributed by atoms with Crippen LogP contribution in [0.4, 0.5) is 0 Å². The van der Waals surface area contributed by atoms with Crippen LogP contribution < -0.4 is 0 Å². The monoisotopic (exact) mass is 280 g/mol. The van der Waals surface area contributed by atoms with E-state index in [2.05, 4.69) is 0 Å². The van der Waals surface area contributed by atoms with Crippen LogP contribution in [-0.4, -0.2) is 31.0 Å². The van der Waals surface area contributed by atoms with Crippen molar-refractivity contribution in [3.63, 3.8) is 0 Å². The Balaban J connectivity index is 5.34. The maximum atomic E-state index is 11.6. The lowest BCUT2D eigenvalue weighted by Crippen LogP contribution is -2.20. The maximum absolute atomic E-state index is 11.6. The molecule has 6 heteroatoms. The summed E-state index contributed by atoms with van der Waals surface area (Å²) in [4.78, 5) is 23.2. The van der Waals surface area contributed by atoms with E-state index >= 15 is 0 Å². The number of hydrogen-bond donors (Lipinski definition) is 0. The maximum Gasteiger partial charge on any atom is 0.345 e. The number of esters is 2. The molecule has 0 radical (unpaired) electrons. The average Bonchev–Trinajstić information content (AvgIpc) is 2.29. The average molecular weight is 281 g/mol. The molecule has 0 bridgehead atoms. The van der Waals surface area contributed by atoms with Crippen LogP contribution in [0.15, 0.2) is 22.8 Å². The van der Waals surface area contributed by atoms with E-state index in [4.69, 9.17) is 32.7 Å². The summed E-state index contributed by atoms with van der Waals surface area (Å²) in [6.45, 7) is 3.58. The Hall–Kier alpha value is -1.000. The van der Waals surface area contributed by atoms with Gasteiger partial charge in [0.1, 0.15) is 5.57 Å². The highest BCUT2D eigenvalue weighted by molar-refractivity contribution is 6.26. The first kappa shape index (κ1) is 16.0. The molecular formula is C11H14Cl2O4. The SMILES string of the molecule is CCOC(=O)C(C(=O)OCC)=C(C=CCl)CCl. The lowest BCUT2D eigenvalue weighted by atomic mass is 10.1. The molecule has 96 valence electrons. The molecule has 0 aliphatic rings. The third-order valence-electron chi connectivity index (χ3n) is 1.69. The molecular weight excluding hydrogens is 267 g/mol. The van der Waals surface area contributed by atoms with Gasteiger partial charge in [-0.15, -0.1) is 11.6 Å². The minimum atomic E-state index is -0.767. The fourth-order valence-electron chi connectivity index (χ4n) is 1.02. The summed E-state index contributed by atoms with van der Waals surface area (Å²) in [5, 5.41) is 0. The Morgan fingerprint density at radius 1 is 1.12 bits per heavy atom. The summed E-state index contributed by atoms with van der Waals surface area (Å²) in [7, 11) is 0. The molecule has 0 saturated heterocycles. The van der Waals surface area contributed by atoms with Crippen molar-refractivity contribution in [3.05, 3.63) is 22.8 Å². The lowest BCUT2D eigenvalue weighted by molar-refractivity contribution is -0.146. The number of rotatable bonds is 6. The predicted octanol–water partition coefficient (Wildman–Crippen LogP) is 2.40. The van der Waals surface area contributed by atoms with Gasteiger partial charge in [-0.1, -0.05) is 11.6 Å². The van der Waals surface area contributed by atoms with Crippen LogP contribution in [0.1, 0.15) is 13.8 Å². The minimum Gasteiger partial charge on any atom is -0.462 e. The highest BCUT2D eigenvalue weighted by atomic mass is 35.5. The van der Waals surface area contributed by atoms with Crippen LogP contribution in [0, 0.1) is 0 Å². The fourth-order valence-corrected chi connectivity index (χ4v) is 1.40. The second-order valence-electron chi connectivity index (χ2n) is 2.77. The normalized spacial score (nSPS) is 10.1. The smallest absolute Gasteiger partial charge is 0.345 e. The molecule has 0 aliphatic carbocycles. The van der Waals surface area contributed by atoms with Crippen molar-refractivity contribution >= 4 is 35.1 Å². The lowest BCUT2D eigenvalue weighted by Gasteiger charge is -2.09. The van der Waals surface area contributed by atoms with Gasteiger partial charge >= 0.3 is 11.9 Å². The van der Waals surface area contributed by atoms with Crippen LogP contribution in [0.3, 0.4) is 0 Å². The highest BCUT2D eigenvalue weighted by Crippen LogP contribution is 2.13. The summed E-state index contributed by atoms with van der Waals surface area (Å²) in [5.41, 5.74) is 1.20. The molecule has 0 spiro atoms. The van der Waals surface area contributed by atoms with E-state index in [1.165, 1.54) is 6.08 Å². The molecule has 0 saturated carbocycles. The van der Waals surface area contributed by atoms with Gasteiger partial charge in [0.15, 0.2) is 0 Å². The number of carbonyl (C=O) groups is 2. The van der Waals surface area contributed by atoms with Gasteiger partial charge in [-0.25, -0.2) is 9.59 Å². The van der Waals surface area contributed by atoms with Gasteiger partial charge < -0.3 is 9.47 Å². The molecule has 0 N–H and O–H groups in total. The first-order chi connectivity index (χ1) is 8.12. The summed E-state index contributed by atoms with van der Waals surface area (Å²) < 4.78 is 9.53. The summed E-state index contributed by atoms with van der Waals surface area (Å²) in [6.07, 6.45) is 1.36. The Morgan fingerprint density at radius 2 is 1.59 bits per heavy atom. The van der Waals surface area contributed by atoms with E-state index in [1.54, 1.807) is 13.8 Å². The van der Waals surface area contributed by atoms with Crippen molar-refractivity contribution in [1.82, 2.24) is 0 Å². The van der Waals surface area contributed by atoms with E-state index in [0.29, 0.717) is 0 Å². The van der Waals surface area contributed by atoms with Crippen molar-refractivity contribution in [2.45, 2.75) is 13.8 Å². The zero-order valence-corrected chi connectivity index (χ0v) is 11.2. The second kappa shape index (κ2) is 9.07. The Bertz CT molecular complexity index is 314. The molecule has 0 aromatic rings. The van der Waals surface area contributed by atoms with Crippen molar-refractivity contribution < 1.29 is 19.1 Å². The first-order valence-corrected chi connectivity index (χ1v) is 5.99. The van der Waals surface area contributed by atoms with Gasteiger partial charge in [-0.05, 0) is 25.5 Å². The Labute approximate surface area is 110 Å². The first-order valence-electron chi connectivity index (χ1n) is 5.02. The Kier molecular flexibility index (Phi) is 8.54. The van der Waals surface area contributed by atoms with Gasteiger partial charge in [-0.3, -0.25) is 0 Å². The van der Waals surface area contributed by atoms with Crippen LogP contribution in [-0.2, 0) is 19.1 Å². The van der Waals surface area contributed by atoms with Gasteiger partial charge in [0.05, 0.1) is 13.2 Å². The number of allylic oxidation sites excluding steroid dienone is 2. The largest absolute Gasteiger partial charge is 0.462 e. The summed E-state index contributed by atoms with van der Waals surface area (Å²) >= 11 is 11.1. The second-order valence-corrected chi connectivity index (χ2v) is 3.29. The van der Waals surface area contributed by atoms with Crippen molar-refractivity contribution in [1.29, 1.82) is 0 Å². The topological polar surface area (TPSA) is 52.6 Å². The molecule has 4 nitrogen and oxygen atoms in total. The summed E-state index contributed by atoms with van der Waals surface area (Å²) in [5.74, 6) is -1.58. The Morgan fingerprint density at radius 3 is 1.88 bits per heavy atom. The molecule has 0 rings (SSSR count). The number of hydrogen-bond acceptors (Lipinski definition) is 4. The molecule has 0 heterocycles. The van der Waals surface area contributed by atoms with E-state index in [0.717, 1.165) is 5.54 Å². The van der Waals surface area contributed by atoms with Crippen LogP contribution >= 0.6 is 23.2 Å².